The highest BCUT2D eigenvalue weighted by atomic mass is 35.5. The number of benzene rings is 3. The lowest BCUT2D eigenvalue weighted by Crippen LogP contribution is -2.47. The second-order valence-electron chi connectivity index (χ2n) is 8.54. The number of halogens is 1. The maximum atomic E-state index is 13.7. The molecule has 4 rings (SSSR count). The van der Waals surface area contributed by atoms with Crippen LogP contribution in [0.15, 0.2) is 72.8 Å². The van der Waals surface area contributed by atoms with Crippen molar-refractivity contribution in [1.29, 1.82) is 0 Å². The van der Waals surface area contributed by atoms with Crippen LogP contribution in [0.3, 0.4) is 0 Å². The van der Waals surface area contributed by atoms with Gasteiger partial charge in [0, 0.05) is 29.0 Å². The maximum Gasteiger partial charge on any atom is 0.234 e. The summed E-state index contributed by atoms with van der Waals surface area (Å²) in [5.74, 6) is 0.481. The highest BCUT2D eigenvalue weighted by Gasteiger charge is 2.38. The summed E-state index contributed by atoms with van der Waals surface area (Å²) in [6, 6.07) is 22.5. The summed E-state index contributed by atoms with van der Waals surface area (Å²) in [7, 11) is 1.62. The predicted octanol–water partition coefficient (Wildman–Crippen LogP) is 5.85. The van der Waals surface area contributed by atoms with Gasteiger partial charge >= 0.3 is 0 Å². The molecule has 3 aromatic carbocycles. The summed E-state index contributed by atoms with van der Waals surface area (Å²) in [5.41, 5.74) is 3.44. The Morgan fingerprint density at radius 1 is 1.03 bits per heavy atom. The molecule has 0 aromatic heterocycles. The normalized spacial score (nSPS) is 17.1. The maximum absolute atomic E-state index is 13.7. The first-order valence-corrected chi connectivity index (χ1v) is 11.9. The fourth-order valence-electron chi connectivity index (χ4n) is 4.70. The topological polar surface area (TPSA) is 49.9 Å². The van der Waals surface area contributed by atoms with Gasteiger partial charge in [0.2, 0.25) is 11.8 Å². The number of hydrogen-bond acceptors (Lipinski definition) is 3. The Morgan fingerprint density at radius 3 is 2.35 bits per heavy atom. The van der Waals surface area contributed by atoms with E-state index in [4.69, 9.17) is 16.3 Å². The second kappa shape index (κ2) is 10.3. The van der Waals surface area contributed by atoms with Crippen LogP contribution in [0.25, 0.3) is 0 Å². The van der Waals surface area contributed by atoms with Crippen LogP contribution >= 0.6 is 11.6 Å². The van der Waals surface area contributed by atoms with E-state index >= 15 is 0 Å². The number of hydrogen-bond donors (Lipinski definition) is 0. The van der Waals surface area contributed by atoms with Crippen molar-refractivity contribution >= 4 is 34.8 Å². The first-order chi connectivity index (χ1) is 16.4. The lowest BCUT2D eigenvalue weighted by atomic mass is 9.84. The minimum atomic E-state index is -0.327. The molecule has 6 heteroatoms. The number of rotatable bonds is 6. The fourth-order valence-corrected chi connectivity index (χ4v) is 4.83. The van der Waals surface area contributed by atoms with Crippen molar-refractivity contribution in [3.8, 4) is 5.75 Å². The molecular formula is C28H29ClN2O3. The van der Waals surface area contributed by atoms with Gasteiger partial charge in [-0.25, -0.2) is 0 Å². The predicted molar refractivity (Wildman–Crippen MR) is 137 cm³/mol. The molecular weight excluding hydrogens is 448 g/mol. The van der Waals surface area contributed by atoms with Gasteiger partial charge in [-0.15, -0.1) is 0 Å². The van der Waals surface area contributed by atoms with Gasteiger partial charge in [-0.1, -0.05) is 41.9 Å². The number of fused-ring (bicyclic) bond motifs is 1. The van der Waals surface area contributed by atoms with Gasteiger partial charge in [-0.2, -0.15) is 0 Å². The second-order valence-corrected chi connectivity index (χ2v) is 8.98. The highest BCUT2D eigenvalue weighted by Crippen LogP contribution is 2.40. The SMILES string of the molecule is CCN(C(=O)C1CC(C)N(C(=O)Cc2ccc(OC)cc2)c2ccccc21)c1ccc(Cl)cc1. The van der Waals surface area contributed by atoms with E-state index in [0.29, 0.717) is 18.0 Å². The summed E-state index contributed by atoms with van der Waals surface area (Å²) in [6.45, 7) is 4.53. The Kier molecular flexibility index (Phi) is 7.23. The van der Waals surface area contributed by atoms with E-state index in [1.807, 2.05) is 79.4 Å². The quantitative estimate of drug-likeness (QED) is 0.448. The standard InChI is InChI=1S/C28H29ClN2O3/c1-4-30(22-13-11-21(29)12-14-22)28(33)25-17-19(2)31(26-8-6-5-7-24(25)26)27(32)18-20-9-15-23(34-3)16-10-20/h5-16,19,25H,4,17-18H2,1-3H3. The van der Waals surface area contributed by atoms with E-state index in [9.17, 15) is 9.59 Å². The largest absolute Gasteiger partial charge is 0.497 e. The van der Waals surface area contributed by atoms with Gasteiger partial charge in [0.15, 0.2) is 0 Å². The number of ether oxygens (including phenoxy) is 1. The third-order valence-electron chi connectivity index (χ3n) is 6.39. The van der Waals surface area contributed by atoms with Gasteiger partial charge in [-0.3, -0.25) is 9.59 Å². The van der Waals surface area contributed by atoms with Crippen LogP contribution < -0.4 is 14.5 Å². The number of anilines is 2. The van der Waals surface area contributed by atoms with Crippen LogP contribution in [0.2, 0.25) is 5.02 Å². The smallest absolute Gasteiger partial charge is 0.234 e. The zero-order valence-corrected chi connectivity index (χ0v) is 20.5. The van der Waals surface area contributed by atoms with Crippen LogP contribution in [-0.4, -0.2) is 31.5 Å². The van der Waals surface area contributed by atoms with E-state index in [0.717, 1.165) is 28.3 Å². The van der Waals surface area contributed by atoms with Crippen molar-refractivity contribution in [3.63, 3.8) is 0 Å². The van der Waals surface area contributed by atoms with Crippen molar-refractivity contribution in [2.75, 3.05) is 23.5 Å². The van der Waals surface area contributed by atoms with Crippen LogP contribution in [-0.2, 0) is 16.0 Å². The van der Waals surface area contributed by atoms with Crippen LogP contribution in [0.4, 0.5) is 11.4 Å². The molecule has 1 aliphatic rings. The molecule has 0 aliphatic carbocycles. The molecule has 0 N–H and O–H groups in total. The van der Waals surface area contributed by atoms with Crippen molar-refractivity contribution in [1.82, 2.24) is 0 Å². The number of likely N-dealkylation sites (N-methyl/N-ethyl adjacent to an activating group) is 1. The number of methoxy groups -OCH3 is 1. The zero-order chi connectivity index (χ0) is 24.2. The first-order valence-electron chi connectivity index (χ1n) is 11.5. The molecule has 0 radical (unpaired) electrons. The molecule has 2 amide bonds. The Morgan fingerprint density at radius 2 is 1.71 bits per heavy atom. The highest BCUT2D eigenvalue weighted by molar-refractivity contribution is 6.30. The van der Waals surface area contributed by atoms with Crippen LogP contribution in [0.1, 0.15) is 37.3 Å². The molecule has 3 aromatic rings. The fraction of sp³-hybridized carbons (Fsp3) is 0.286. The zero-order valence-electron chi connectivity index (χ0n) is 19.7. The third kappa shape index (κ3) is 4.80. The molecule has 34 heavy (non-hydrogen) atoms. The number of nitrogens with zero attached hydrogens (tertiary/aromatic N) is 2. The summed E-state index contributed by atoms with van der Waals surface area (Å²) < 4.78 is 5.22. The number of para-hydroxylation sites is 1. The van der Waals surface area contributed by atoms with Crippen molar-refractivity contribution < 1.29 is 14.3 Å². The molecule has 0 bridgehead atoms. The molecule has 1 aliphatic heterocycles. The van der Waals surface area contributed by atoms with Gasteiger partial charge in [0.25, 0.3) is 0 Å². The Bertz CT molecular complexity index is 1160. The summed E-state index contributed by atoms with van der Waals surface area (Å²) in [6.07, 6.45) is 0.849. The van der Waals surface area contributed by atoms with Crippen molar-refractivity contribution in [2.24, 2.45) is 0 Å². The Hall–Kier alpha value is -3.31. The van der Waals surface area contributed by atoms with Gasteiger partial charge in [-0.05, 0) is 73.9 Å². The molecule has 0 saturated carbocycles. The average molecular weight is 477 g/mol. The molecule has 0 saturated heterocycles. The van der Waals surface area contributed by atoms with Crippen LogP contribution in [0.5, 0.6) is 5.75 Å². The lowest BCUT2D eigenvalue weighted by molar-refractivity contribution is -0.122. The third-order valence-corrected chi connectivity index (χ3v) is 6.64. The van der Waals surface area contributed by atoms with Gasteiger partial charge < -0.3 is 14.5 Å². The van der Waals surface area contributed by atoms with Crippen molar-refractivity contribution in [2.45, 2.75) is 38.6 Å². The molecule has 0 fully saturated rings. The summed E-state index contributed by atoms with van der Waals surface area (Å²) in [4.78, 5) is 30.8. The van der Waals surface area contributed by atoms with E-state index in [2.05, 4.69) is 0 Å². The van der Waals surface area contributed by atoms with E-state index in [1.54, 1.807) is 24.1 Å². The van der Waals surface area contributed by atoms with Crippen molar-refractivity contribution in [3.05, 3.63) is 88.9 Å². The molecule has 0 spiro atoms. The van der Waals surface area contributed by atoms with E-state index in [1.165, 1.54) is 0 Å². The van der Waals surface area contributed by atoms with Gasteiger partial charge in [0.05, 0.1) is 19.4 Å². The minimum absolute atomic E-state index is 0.0149. The van der Waals surface area contributed by atoms with Gasteiger partial charge in [0.1, 0.15) is 5.75 Å². The minimum Gasteiger partial charge on any atom is -0.497 e. The number of carbonyl (C=O) groups excluding carboxylic acids is 2. The van der Waals surface area contributed by atoms with E-state index < -0.39 is 0 Å². The Labute approximate surface area is 205 Å². The first kappa shape index (κ1) is 23.8. The molecule has 5 nitrogen and oxygen atoms in total. The lowest BCUT2D eigenvalue weighted by Gasteiger charge is -2.40. The molecule has 176 valence electrons. The van der Waals surface area contributed by atoms with E-state index in [-0.39, 0.29) is 30.2 Å². The monoisotopic (exact) mass is 476 g/mol. The molecule has 2 atom stereocenters. The average Bonchev–Trinajstić information content (AvgIpc) is 2.85. The summed E-state index contributed by atoms with van der Waals surface area (Å²) >= 11 is 6.05. The number of carbonyl (C=O) groups is 2. The van der Waals surface area contributed by atoms with Crippen LogP contribution in [0, 0.1) is 0 Å². The molecule has 1 heterocycles. The summed E-state index contributed by atoms with van der Waals surface area (Å²) in [5, 5.41) is 0.634. The molecule has 2 unspecified atom stereocenters. The number of amides is 2. The Balaban J connectivity index is 1.61.